The Morgan fingerprint density at radius 2 is 1.58 bits per heavy atom. The molecule has 0 fully saturated rings. The van der Waals surface area contributed by atoms with E-state index >= 15 is 0 Å². The lowest BCUT2D eigenvalue weighted by Crippen LogP contribution is -2.22. The predicted molar refractivity (Wildman–Crippen MR) is 124 cm³/mol. The maximum absolute atomic E-state index is 12.5. The van der Waals surface area contributed by atoms with Gasteiger partial charge >= 0.3 is 0 Å². The first kappa shape index (κ1) is 22.5. The van der Waals surface area contributed by atoms with Crippen LogP contribution in [0.2, 0.25) is 0 Å². The van der Waals surface area contributed by atoms with Gasteiger partial charge in [-0.1, -0.05) is 30.3 Å². The molecule has 2 amide bonds. The highest BCUT2D eigenvalue weighted by Crippen LogP contribution is 2.26. The number of rotatable bonds is 9. The van der Waals surface area contributed by atoms with E-state index in [1.165, 1.54) is 0 Å². The zero-order valence-corrected chi connectivity index (χ0v) is 18.6. The second-order valence-electron chi connectivity index (χ2n) is 6.69. The largest absolute Gasteiger partial charge is 0.490 e. The fraction of sp³-hybridized carbons (Fsp3) is 0.167. The van der Waals surface area contributed by atoms with Crippen molar-refractivity contribution in [1.82, 2.24) is 5.32 Å². The van der Waals surface area contributed by atoms with Gasteiger partial charge in [0.2, 0.25) is 0 Å². The highest BCUT2D eigenvalue weighted by molar-refractivity contribution is 9.10. The van der Waals surface area contributed by atoms with E-state index in [1.807, 2.05) is 30.3 Å². The second kappa shape index (κ2) is 11.3. The molecule has 2 N–H and O–H groups in total. The van der Waals surface area contributed by atoms with Crippen molar-refractivity contribution in [2.45, 2.75) is 6.54 Å². The summed E-state index contributed by atoms with van der Waals surface area (Å²) < 4.78 is 11.2. The summed E-state index contributed by atoms with van der Waals surface area (Å²) in [5, 5.41) is 5.71. The van der Waals surface area contributed by atoms with Crippen molar-refractivity contribution in [3.63, 3.8) is 0 Å². The molecular weight excluding hydrogens is 460 g/mol. The number of carbonyl (C=O) groups excluding carboxylic acids is 2. The minimum absolute atomic E-state index is 0.172. The lowest BCUT2D eigenvalue weighted by atomic mass is 10.1. The van der Waals surface area contributed by atoms with Crippen LogP contribution in [0.4, 0.5) is 5.69 Å². The van der Waals surface area contributed by atoms with E-state index in [2.05, 4.69) is 26.6 Å². The van der Waals surface area contributed by atoms with Crippen LogP contribution in [0.25, 0.3) is 0 Å². The molecule has 0 aliphatic carbocycles. The van der Waals surface area contributed by atoms with Gasteiger partial charge in [0, 0.05) is 30.5 Å². The average Bonchev–Trinajstić information content (AvgIpc) is 2.79. The standard InChI is InChI=1S/C24H23BrN2O4/c1-30-13-14-31-22-12-9-19(15-21(22)25)24(29)27-20-10-7-18(8-11-20)23(28)26-16-17-5-3-2-4-6-17/h2-12,15H,13-14,16H2,1H3,(H,26,28)(H,27,29). The van der Waals surface area contributed by atoms with Crippen LogP contribution in [-0.2, 0) is 11.3 Å². The second-order valence-corrected chi connectivity index (χ2v) is 7.54. The summed E-state index contributed by atoms with van der Waals surface area (Å²) >= 11 is 3.42. The molecule has 0 saturated heterocycles. The summed E-state index contributed by atoms with van der Waals surface area (Å²) in [5.41, 5.74) is 2.63. The smallest absolute Gasteiger partial charge is 0.255 e. The molecule has 3 aromatic carbocycles. The maximum Gasteiger partial charge on any atom is 0.255 e. The number of nitrogens with one attached hydrogen (secondary N) is 2. The van der Waals surface area contributed by atoms with Crippen LogP contribution in [0.3, 0.4) is 0 Å². The maximum atomic E-state index is 12.5. The fourth-order valence-corrected chi connectivity index (χ4v) is 3.28. The van der Waals surface area contributed by atoms with Gasteiger partial charge in [-0.25, -0.2) is 0 Å². The van der Waals surface area contributed by atoms with Crippen molar-refractivity contribution < 1.29 is 19.1 Å². The first-order chi connectivity index (χ1) is 15.1. The van der Waals surface area contributed by atoms with Gasteiger partial charge in [-0.3, -0.25) is 9.59 Å². The number of anilines is 1. The third-order valence-electron chi connectivity index (χ3n) is 4.44. The van der Waals surface area contributed by atoms with Gasteiger partial charge in [0.15, 0.2) is 0 Å². The molecule has 160 valence electrons. The molecule has 31 heavy (non-hydrogen) atoms. The molecule has 0 bridgehead atoms. The van der Waals surface area contributed by atoms with Gasteiger partial charge in [0.05, 0.1) is 11.1 Å². The minimum atomic E-state index is -0.259. The molecule has 0 aromatic heterocycles. The van der Waals surface area contributed by atoms with E-state index < -0.39 is 0 Å². The Morgan fingerprint density at radius 1 is 0.871 bits per heavy atom. The van der Waals surface area contributed by atoms with Crippen molar-refractivity contribution in [3.8, 4) is 5.75 Å². The highest BCUT2D eigenvalue weighted by atomic mass is 79.9. The molecule has 0 aliphatic rings. The lowest BCUT2D eigenvalue weighted by molar-refractivity contribution is 0.0950. The van der Waals surface area contributed by atoms with E-state index in [4.69, 9.17) is 9.47 Å². The van der Waals surface area contributed by atoms with Crippen molar-refractivity contribution >= 4 is 33.4 Å². The molecule has 6 nitrogen and oxygen atoms in total. The number of benzene rings is 3. The monoisotopic (exact) mass is 482 g/mol. The molecule has 0 saturated carbocycles. The summed E-state index contributed by atoms with van der Waals surface area (Å²) in [5.74, 6) is 0.208. The fourth-order valence-electron chi connectivity index (χ4n) is 2.78. The molecule has 0 spiro atoms. The molecule has 0 heterocycles. The molecule has 0 radical (unpaired) electrons. The van der Waals surface area contributed by atoms with Crippen LogP contribution < -0.4 is 15.4 Å². The summed E-state index contributed by atoms with van der Waals surface area (Å²) in [6.45, 7) is 1.36. The minimum Gasteiger partial charge on any atom is -0.490 e. The zero-order chi connectivity index (χ0) is 22.1. The summed E-state index contributed by atoms with van der Waals surface area (Å²) in [7, 11) is 1.61. The topological polar surface area (TPSA) is 76.7 Å². The Kier molecular flexibility index (Phi) is 8.20. The van der Waals surface area contributed by atoms with Crippen LogP contribution in [-0.4, -0.2) is 32.1 Å². The van der Waals surface area contributed by atoms with E-state index in [1.54, 1.807) is 49.6 Å². The van der Waals surface area contributed by atoms with Crippen molar-refractivity contribution in [3.05, 3.63) is 94.0 Å². The van der Waals surface area contributed by atoms with E-state index in [-0.39, 0.29) is 11.8 Å². The van der Waals surface area contributed by atoms with Crippen LogP contribution in [0.15, 0.2) is 77.3 Å². The third-order valence-corrected chi connectivity index (χ3v) is 5.06. The quantitative estimate of drug-likeness (QED) is 0.435. The number of hydrogen-bond acceptors (Lipinski definition) is 4. The Hall–Kier alpha value is -3.16. The predicted octanol–water partition coefficient (Wildman–Crippen LogP) is 4.66. The van der Waals surface area contributed by atoms with Gasteiger partial charge in [-0.2, -0.15) is 0 Å². The molecule has 3 rings (SSSR count). The van der Waals surface area contributed by atoms with Crippen molar-refractivity contribution in [1.29, 1.82) is 0 Å². The SMILES string of the molecule is COCCOc1ccc(C(=O)Nc2ccc(C(=O)NCc3ccccc3)cc2)cc1Br. The van der Waals surface area contributed by atoms with Crippen molar-refractivity contribution in [2.24, 2.45) is 0 Å². The van der Waals surface area contributed by atoms with E-state index in [9.17, 15) is 9.59 Å². The van der Waals surface area contributed by atoms with E-state index in [0.717, 1.165) is 5.56 Å². The van der Waals surface area contributed by atoms with Gasteiger partial charge in [-0.15, -0.1) is 0 Å². The third kappa shape index (κ3) is 6.67. The van der Waals surface area contributed by atoms with Crippen LogP contribution in [0, 0.1) is 0 Å². The Labute approximate surface area is 189 Å². The number of amides is 2. The number of carbonyl (C=O) groups is 2. The Morgan fingerprint density at radius 3 is 2.26 bits per heavy atom. The van der Waals surface area contributed by atoms with Crippen LogP contribution in [0.1, 0.15) is 26.3 Å². The summed E-state index contributed by atoms with van der Waals surface area (Å²) in [6, 6.07) is 21.6. The molecule has 0 atom stereocenters. The Bertz CT molecular complexity index is 1020. The Balaban J connectivity index is 1.56. The zero-order valence-electron chi connectivity index (χ0n) is 17.1. The molecule has 3 aromatic rings. The number of ether oxygens (including phenoxy) is 2. The van der Waals surface area contributed by atoms with Crippen LogP contribution in [0.5, 0.6) is 5.75 Å². The average molecular weight is 483 g/mol. The molecular formula is C24H23BrN2O4. The van der Waals surface area contributed by atoms with Gasteiger partial charge in [0.1, 0.15) is 12.4 Å². The summed E-state index contributed by atoms with van der Waals surface area (Å²) in [4.78, 5) is 24.9. The molecule has 7 heteroatoms. The number of methoxy groups -OCH3 is 1. The van der Waals surface area contributed by atoms with Crippen LogP contribution >= 0.6 is 15.9 Å². The lowest BCUT2D eigenvalue weighted by Gasteiger charge is -2.10. The van der Waals surface area contributed by atoms with Crippen molar-refractivity contribution in [2.75, 3.05) is 25.6 Å². The normalized spacial score (nSPS) is 10.4. The van der Waals surface area contributed by atoms with Gasteiger partial charge in [0.25, 0.3) is 11.8 Å². The molecule has 0 aliphatic heterocycles. The first-order valence-corrected chi connectivity index (χ1v) is 10.5. The van der Waals surface area contributed by atoms with Gasteiger partial charge < -0.3 is 20.1 Å². The summed E-state index contributed by atoms with van der Waals surface area (Å²) in [6.07, 6.45) is 0. The number of hydrogen-bond donors (Lipinski definition) is 2. The number of halogens is 1. The van der Waals surface area contributed by atoms with Gasteiger partial charge in [-0.05, 0) is 64.0 Å². The molecule has 0 unspecified atom stereocenters. The van der Waals surface area contributed by atoms with E-state index in [0.29, 0.717) is 46.8 Å². The first-order valence-electron chi connectivity index (χ1n) is 9.71. The highest BCUT2D eigenvalue weighted by Gasteiger charge is 2.11.